The fourth-order valence-corrected chi connectivity index (χ4v) is 4.37. The molecule has 1 N–H and O–H groups in total. The first-order chi connectivity index (χ1) is 13.4. The van der Waals surface area contributed by atoms with E-state index in [0.717, 1.165) is 18.5 Å². The fraction of sp³-hybridized carbons (Fsp3) is 0.524. The second-order valence-corrected chi connectivity index (χ2v) is 10.9. The van der Waals surface area contributed by atoms with Crippen LogP contribution in [0.25, 0.3) is 0 Å². The molecule has 1 aliphatic carbocycles. The summed E-state index contributed by atoms with van der Waals surface area (Å²) in [5, 5.41) is 7.53. The second kappa shape index (κ2) is 7.57. The Morgan fingerprint density at radius 1 is 1.21 bits per heavy atom. The minimum Gasteiger partial charge on any atom is -0.321 e. The Balaban J connectivity index is 1.82. The van der Waals surface area contributed by atoms with Crippen molar-refractivity contribution in [1.82, 2.24) is 14.1 Å². The van der Waals surface area contributed by atoms with Gasteiger partial charge in [0.15, 0.2) is 0 Å². The van der Waals surface area contributed by atoms with Crippen LogP contribution in [-0.2, 0) is 15.6 Å². The quantitative estimate of drug-likeness (QED) is 0.773. The molecule has 0 spiro atoms. The number of anilines is 1. The van der Waals surface area contributed by atoms with Crippen molar-refractivity contribution in [3.05, 3.63) is 41.7 Å². The smallest absolute Gasteiger partial charge is 0.273 e. The third-order valence-corrected chi connectivity index (χ3v) is 7.16. The van der Waals surface area contributed by atoms with Crippen molar-refractivity contribution in [1.29, 1.82) is 0 Å². The summed E-state index contributed by atoms with van der Waals surface area (Å²) < 4.78 is 28.3. The Labute approximate surface area is 173 Å². The van der Waals surface area contributed by atoms with Crippen LogP contribution >= 0.6 is 0 Å². The maximum Gasteiger partial charge on any atom is 0.273 e. The van der Waals surface area contributed by atoms with E-state index in [-0.39, 0.29) is 22.4 Å². The van der Waals surface area contributed by atoms with Crippen LogP contribution in [0.1, 0.15) is 69.6 Å². The molecule has 1 aromatic heterocycles. The van der Waals surface area contributed by atoms with Crippen LogP contribution in [0.3, 0.4) is 0 Å². The highest BCUT2D eigenvalue weighted by molar-refractivity contribution is 7.89. The summed E-state index contributed by atoms with van der Waals surface area (Å²) in [6.07, 6.45) is 2.23. The molecule has 0 atom stereocenters. The van der Waals surface area contributed by atoms with Crippen molar-refractivity contribution in [2.75, 3.05) is 12.4 Å². The van der Waals surface area contributed by atoms with Gasteiger partial charge in [0.05, 0.1) is 16.1 Å². The van der Waals surface area contributed by atoms with E-state index in [1.165, 1.54) is 16.4 Å². The number of nitrogens with zero attached hydrogens (tertiary/aromatic N) is 3. The van der Waals surface area contributed by atoms with Crippen molar-refractivity contribution < 1.29 is 13.2 Å². The molecule has 0 aliphatic heterocycles. The van der Waals surface area contributed by atoms with E-state index in [1.807, 2.05) is 40.7 Å². The Hall–Kier alpha value is -2.19. The van der Waals surface area contributed by atoms with Gasteiger partial charge in [0.1, 0.15) is 5.69 Å². The van der Waals surface area contributed by atoms with E-state index in [0.29, 0.717) is 17.3 Å². The van der Waals surface area contributed by atoms with Crippen molar-refractivity contribution in [3.8, 4) is 0 Å². The third kappa shape index (κ3) is 4.53. The lowest BCUT2D eigenvalue weighted by Crippen LogP contribution is -2.33. The number of carbonyl (C=O) groups is 1. The predicted octanol–water partition coefficient (Wildman–Crippen LogP) is 3.80. The molecule has 29 heavy (non-hydrogen) atoms. The molecule has 1 saturated carbocycles. The molecule has 0 saturated heterocycles. The standard InChI is InChI=1S/C21H30N4O3S/c1-14(2)24(6)29(27,28)17-11-9-16(10-12-17)22-20(26)19-13-18(15-7-8-15)23-25(19)21(3,4)5/h9-15H,7-8H2,1-6H3,(H,22,26). The van der Waals surface area contributed by atoms with Crippen molar-refractivity contribution in [3.63, 3.8) is 0 Å². The molecule has 7 nitrogen and oxygen atoms in total. The third-order valence-electron chi connectivity index (χ3n) is 5.11. The van der Waals surface area contributed by atoms with Crippen LogP contribution in [0.15, 0.2) is 35.2 Å². The van der Waals surface area contributed by atoms with Gasteiger partial charge in [-0.3, -0.25) is 9.48 Å². The number of aromatic nitrogens is 2. The zero-order chi connectivity index (χ0) is 21.6. The number of benzene rings is 1. The monoisotopic (exact) mass is 418 g/mol. The average Bonchev–Trinajstić information content (AvgIpc) is 3.38. The largest absolute Gasteiger partial charge is 0.321 e. The zero-order valence-electron chi connectivity index (χ0n) is 17.9. The van der Waals surface area contributed by atoms with Gasteiger partial charge in [0.25, 0.3) is 5.91 Å². The molecule has 1 aromatic carbocycles. The van der Waals surface area contributed by atoms with Crippen molar-refractivity contribution >= 4 is 21.6 Å². The lowest BCUT2D eigenvalue weighted by Gasteiger charge is -2.22. The van der Waals surface area contributed by atoms with E-state index in [1.54, 1.807) is 23.9 Å². The van der Waals surface area contributed by atoms with E-state index in [9.17, 15) is 13.2 Å². The van der Waals surface area contributed by atoms with Crippen molar-refractivity contribution in [2.45, 2.75) is 69.9 Å². The van der Waals surface area contributed by atoms with Crippen LogP contribution in [0.4, 0.5) is 5.69 Å². The Bertz CT molecular complexity index is 998. The normalized spacial score (nSPS) is 15.2. The molecule has 1 aliphatic rings. The van der Waals surface area contributed by atoms with Gasteiger partial charge in [-0.1, -0.05) is 0 Å². The first-order valence-corrected chi connectivity index (χ1v) is 11.3. The highest BCUT2D eigenvalue weighted by Crippen LogP contribution is 2.40. The van der Waals surface area contributed by atoms with Crippen LogP contribution in [-0.4, -0.2) is 41.5 Å². The second-order valence-electron chi connectivity index (χ2n) is 8.90. The Kier molecular flexibility index (Phi) is 5.62. The maximum atomic E-state index is 12.9. The molecular formula is C21H30N4O3S. The SMILES string of the molecule is CC(C)N(C)S(=O)(=O)c1ccc(NC(=O)c2cc(C3CC3)nn2C(C)(C)C)cc1. The summed E-state index contributed by atoms with van der Waals surface area (Å²) in [6, 6.07) is 7.98. The van der Waals surface area contributed by atoms with Gasteiger partial charge in [0.2, 0.25) is 10.0 Å². The number of rotatable bonds is 6. The molecule has 0 radical (unpaired) electrons. The number of sulfonamides is 1. The number of carbonyl (C=O) groups excluding carboxylic acids is 1. The molecule has 1 amide bonds. The molecule has 3 rings (SSSR count). The first-order valence-electron chi connectivity index (χ1n) is 9.91. The molecule has 0 bridgehead atoms. The summed E-state index contributed by atoms with van der Waals surface area (Å²) in [5.74, 6) is 0.196. The number of hydrogen-bond donors (Lipinski definition) is 1. The number of hydrogen-bond acceptors (Lipinski definition) is 4. The van der Waals surface area contributed by atoms with E-state index in [4.69, 9.17) is 0 Å². The van der Waals surface area contributed by atoms with Gasteiger partial charge >= 0.3 is 0 Å². The minimum atomic E-state index is -3.55. The Morgan fingerprint density at radius 2 is 1.79 bits per heavy atom. The summed E-state index contributed by atoms with van der Waals surface area (Å²) in [4.78, 5) is 13.1. The predicted molar refractivity (Wildman–Crippen MR) is 114 cm³/mol. The molecule has 8 heteroatoms. The number of nitrogens with one attached hydrogen (secondary N) is 1. The lowest BCUT2D eigenvalue weighted by atomic mass is 10.1. The highest BCUT2D eigenvalue weighted by Gasteiger charge is 2.31. The maximum absolute atomic E-state index is 12.9. The van der Waals surface area contributed by atoms with Crippen LogP contribution < -0.4 is 5.32 Å². The first kappa shape index (κ1) is 21.5. The summed E-state index contributed by atoms with van der Waals surface area (Å²) in [6.45, 7) is 9.68. The van der Waals surface area contributed by atoms with E-state index in [2.05, 4.69) is 10.4 Å². The summed E-state index contributed by atoms with van der Waals surface area (Å²) in [5.41, 5.74) is 1.69. The summed E-state index contributed by atoms with van der Waals surface area (Å²) in [7, 11) is -2.00. The number of amides is 1. The summed E-state index contributed by atoms with van der Waals surface area (Å²) >= 11 is 0. The van der Waals surface area contributed by atoms with Crippen LogP contribution in [0.5, 0.6) is 0 Å². The molecule has 2 aromatic rings. The van der Waals surface area contributed by atoms with Gasteiger partial charge < -0.3 is 5.32 Å². The molecular weight excluding hydrogens is 388 g/mol. The van der Waals surface area contributed by atoms with Gasteiger partial charge in [-0.25, -0.2) is 8.42 Å². The van der Waals surface area contributed by atoms with E-state index < -0.39 is 10.0 Å². The molecule has 158 valence electrons. The average molecular weight is 419 g/mol. The van der Waals surface area contributed by atoms with Crippen molar-refractivity contribution in [2.24, 2.45) is 0 Å². The van der Waals surface area contributed by atoms with Gasteiger partial charge in [0, 0.05) is 24.7 Å². The lowest BCUT2D eigenvalue weighted by molar-refractivity contribution is 0.100. The molecule has 0 unspecified atom stereocenters. The fourth-order valence-electron chi connectivity index (χ4n) is 3.00. The zero-order valence-corrected chi connectivity index (χ0v) is 18.7. The van der Waals surface area contributed by atoms with Crippen LogP contribution in [0.2, 0.25) is 0 Å². The highest BCUT2D eigenvalue weighted by atomic mass is 32.2. The topological polar surface area (TPSA) is 84.3 Å². The van der Waals surface area contributed by atoms with Gasteiger partial charge in [-0.2, -0.15) is 9.40 Å². The van der Waals surface area contributed by atoms with E-state index >= 15 is 0 Å². The molecule has 1 heterocycles. The molecule has 1 fully saturated rings. The Morgan fingerprint density at radius 3 is 2.28 bits per heavy atom. The van der Waals surface area contributed by atoms with Gasteiger partial charge in [-0.05, 0) is 77.8 Å². The van der Waals surface area contributed by atoms with Crippen LogP contribution in [0, 0.1) is 0 Å². The van der Waals surface area contributed by atoms with Gasteiger partial charge in [-0.15, -0.1) is 0 Å². The minimum absolute atomic E-state index is 0.141.